The zero-order chi connectivity index (χ0) is 35.7. The van der Waals surface area contributed by atoms with Gasteiger partial charge < -0.3 is 18.3 Å². The van der Waals surface area contributed by atoms with Crippen LogP contribution in [-0.2, 0) is 20.2 Å². The van der Waals surface area contributed by atoms with Crippen molar-refractivity contribution >= 4 is 50.5 Å². The summed E-state index contributed by atoms with van der Waals surface area (Å²) in [6.45, 7) is 22.4. The number of rotatable bonds is 16. The molecule has 0 aromatic heterocycles. The number of ether oxygens (including phenoxy) is 2. The molecule has 0 spiro atoms. The van der Waals surface area contributed by atoms with Gasteiger partial charge in [0.2, 0.25) is 0 Å². The Labute approximate surface area is 309 Å². The lowest BCUT2D eigenvalue weighted by Gasteiger charge is -2.47. The Morgan fingerprint density at radius 3 is 1.80 bits per heavy atom. The first-order valence-corrected chi connectivity index (χ1v) is 25.0. The van der Waals surface area contributed by atoms with Crippen LogP contribution in [0.2, 0.25) is 23.2 Å². The van der Waals surface area contributed by atoms with Gasteiger partial charge in [-0.05, 0) is 87.9 Å². The zero-order valence-corrected chi connectivity index (χ0v) is 35.4. The third-order valence-electron chi connectivity index (χ3n) is 10.4. The highest BCUT2D eigenvalue weighted by atomic mass is 32.2. The molecule has 1 fully saturated rings. The lowest BCUT2D eigenvalue weighted by Crippen LogP contribution is -2.68. The van der Waals surface area contributed by atoms with Crippen LogP contribution in [0.1, 0.15) is 73.3 Å². The van der Waals surface area contributed by atoms with Gasteiger partial charge in [-0.25, -0.2) is 0 Å². The Hall–Kier alpha value is -1.53. The third-order valence-corrected chi connectivity index (χ3v) is 23.4. The van der Waals surface area contributed by atoms with Gasteiger partial charge in [0.1, 0.15) is 5.75 Å². The van der Waals surface area contributed by atoms with Gasteiger partial charge in [0.05, 0.1) is 30.5 Å². The number of hydrogen-bond acceptors (Lipinski definition) is 6. The minimum absolute atomic E-state index is 0.107. The SMILES string of the molecule is COc1ccc(CO[C@H](C[C@H](C)C2SCCCS2)[C@H](CCO[Si](C)(C)C(C)(C)C)O[Si](c2ccccc2)(c2ccccc2)C(C)(C)C)cc1. The fourth-order valence-electron chi connectivity index (χ4n) is 6.45. The van der Waals surface area contributed by atoms with Crippen LogP contribution < -0.4 is 15.1 Å². The van der Waals surface area contributed by atoms with Crippen molar-refractivity contribution in [2.45, 2.75) is 114 Å². The monoisotopic (exact) mass is 738 g/mol. The number of benzene rings is 3. The molecule has 49 heavy (non-hydrogen) atoms. The average Bonchev–Trinajstić information content (AvgIpc) is 3.08. The summed E-state index contributed by atoms with van der Waals surface area (Å²) >= 11 is 4.24. The highest BCUT2D eigenvalue weighted by Gasteiger charge is 2.52. The van der Waals surface area contributed by atoms with E-state index in [4.69, 9.17) is 18.3 Å². The molecule has 4 nitrogen and oxygen atoms in total. The second-order valence-electron chi connectivity index (χ2n) is 16.1. The molecule has 0 bridgehead atoms. The van der Waals surface area contributed by atoms with Crippen LogP contribution in [-0.4, -0.2) is 58.6 Å². The molecule has 0 unspecified atom stereocenters. The molecule has 0 radical (unpaired) electrons. The molecule has 1 aliphatic heterocycles. The molecule has 1 aliphatic rings. The van der Waals surface area contributed by atoms with Crippen LogP contribution in [0, 0.1) is 5.92 Å². The molecule has 0 aliphatic carbocycles. The van der Waals surface area contributed by atoms with Gasteiger partial charge in [0.15, 0.2) is 8.32 Å². The number of thioether (sulfide) groups is 2. The van der Waals surface area contributed by atoms with Gasteiger partial charge >= 0.3 is 0 Å². The van der Waals surface area contributed by atoms with Crippen LogP contribution in [0.25, 0.3) is 0 Å². The molecule has 1 heterocycles. The van der Waals surface area contributed by atoms with E-state index in [1.165, 1.54) is 28.3 Å². The summed E-state index contributed by atoms with van der Waals surface area (Å²) in [6.07, 6.45) is 2.74. The van der Waals surface area contributed by atoms with Crippen LogP contribution in [0.5, 0.6) is 5.75 Å². The molecule has 3 aromatic rings. The van der Waals surface area contributed by atoms with Gasteiger partial charge in [-0.1, -0.05) is 121 Å². The third kappa shape index (κ3) is 10.5. The van der Waals surface area contributed by atoms with Gasteiger partial charge in [-0.3, -0.25) is 0 Å². The first-order valence-electron chi connectivity index (χ1n) is 18.1. The molecule has 3 aromatic carbocycles. The van der Waals surface area contributed by atoms with E-state index in [2.05, 4.69) is 158 Å². The van der Waals surface area contributed by atoms with Crippen molar-refractivity contribution in [2.24, 2.45) is 5.92 Å². The standard InChI is InChI=1S/C41H62O4S2Si2/c1-32(39-46-28-17-29-47-39)30-38(43-31-33-22-24-34(42-8)25-23-33)37(26-27-44-48(9,10)40(2,3)4)45-49(41(5,6)7,35-18-13-11-14-19-35)36-20-15-12-16-21-36/h11-16,18-25,32,37-39H,17,26-31H2,1-10H3/t32-,37-,38+/m0/s1. The van der Waals surface area contributed by atoms with E-state index in [0.29, 0.717) is 23.7 Å². The zero-order valence-electron chi connectivity index (χ0n) is 31.8. The van der Waals surface area contributed by atoms with Crippen LogP contribution >= 0.6 is 23.5 Å². The fourth-order valence-corrected chi connectivity index (χ4v) is 15.4. The predicted molar refractivity (Wildman–Crippen MR) is 219 cm³/mol. The summed E-state index contributed by atoms with van der Waals surface area (Å²) in [5, 5.41) is 2.58. The summed E-state index contributed by atoms with van der Waals surface area (Å²) < 4.78 is 28.0. The minimum atomic E-state index is -2.87. The summed E-state index contributed by atoms with van der Waals surface area (Å²) in [5.41, 5.74) is 1.14. The van der Waals surface area contributed by atoms with E-state index in [0.717, 1.165) is 24.2 Å². The minimum Gasteiger partial charge on any atom is -0.497 e. The second kappa shape index (κ2) is 17.8. The number of hydrogen-bond donors (Lipinski definition) is 0. The van der Waals surface area contributed by atoms with Crippen molar-refractivity contribution in [1.29, 1.82) is 0 Å². The molecular weight excluding hydrogens is 677 g/mol. The van der Waals surface area contributed by atoms with Gasteiger partial charge in [0, 0.05) is 6.61 Å². The van der Waals surface area contributed by atoms with E-state index in [1.54, 1.807) is 7.11 Å². The molecule has 1 saturated heterocycles. The highest BCUT2D eigenvalue weighted by Crippen LogP contribution is 2.42. The molecule has 3 atom stereocenters. The average molecular weight is 739 g/mol. The van der Waals surface area contributed by atoms with Crippen molar-refractivity contribution in [2.75, 3.05) is 25.2 Å². The molecule has 0 amide bonds. The molecule has 4 rings (SSSR count). The largest absolute Gasteiger partial charge is 0.497 e. The Morgan fingerprint density at radius 2 is 1.31 bits per heavy atom. The van der Waals surface area contributed by atoms with Crippen molar-refractivity contribution in [3.8, 4) is 5.75 Å². The maximum Gasteiger partial charge on any atom is 0.261 e. The molecule has 270 valence electrons. The Morgan fingerprint density at radius 1 is 0.755 bits per heavy atom. The van der Waals surface area contributed by atoms with Crippen LogP contribution in [0.3, 0.4) is 0 Å². The van der Waals surface area contributed by atoms with E-state index in [9.17, 15) is 0 Å². The van der Waals surface area contributed by atoms with E-state index in [1.807, 2.05) is 12.1 Å². The highest BCUT2D eigenvalue weighted by molar-refractivity contribution is 8.17. The van der Waals surface area contributed by atoms with Crippen LogP contribution in [0.4, 0.5) is 0 Å². The van der Waals surface area contributed by atoms with Gasteiger partial charge in [-0.2, -0.15) is 0 Å². The van der Waals surface area contributed by atoms with E-state index < -0.39 is 16.6 Å². The summed E-state index contributed by atoms with van der Waals surface area (Å²) in [6, 6.07) is 30.3. The lowest BCUT2D eigenvalue weighted by molar-refractivity contribution is -0.0549. The molecule has 0 N–H and O–H groups in total. The van der Waals surface area contributed by atoms with Crippen molar-refractivity contribution < 1.29 is 18.3 Å². The predicted octanol–water partition coefficient (Wildman–Crippen LogP) is 10.2. The Bertz CT molecular complexity index is 1350. The lowest BCUT2D eigenvalue weighted by atomic mass is 9.99. The first kappa shape index (κ1) is 40.2. The van der Waals surface area contributed by atoms with Crippen molar-refractivity contribution in [1.82, 2.24) is 0 Å². The Balaban J connectivity index is 1.79. The van der Waals surface area contributed by atoms with Gasteiger partial charge in [0.25, 0.3) is 8.32 Å². The Kier molecular flexibility index (Phi) is 14.6. The van der Waals surface area contributed by atoms with Gasteiger partial charge in [-0.15, -0.1) is 23.5 Å². The normalized spacial score (nSPS) is 17.0. The van der Waals surface area contributed by atoms with Crippen LogP contribution in [0.15, 0.2) is 84.9 Å². The number of methoxy groups -OCH3 is 1. The first-order chi connectivity index (χ1) is 23.2. The van der Waals surface area contributed by atoms with Crippen molar-refractivity contribution in [3.63, 3.8) is 0 Å². The second-order valence-corrected chi connectivity index (χ2v) is 28.0. The maximum atomic E-state index is 7.97. The summed E-state index contributed by atoms with van der Waals surface area (Å²) in [7, 11) is -3.13. The smallest absolute Gasteiger partial charge is 0.261 e. The van der Waals surface area contributed by atoms with Crippen molar-refractivity contribution in [3.05, 3.63) is 90.5 Å². The van der Waals surface area contributed by atoms with E-state index >= 15 is 0 Å². The molecule has 8 heteroatoms. The summed E-state index contributed by atoms with van der Waals surface area (Å²) in [4.78, 5) is 0. The van der Waals surface area contributed by atoms with E-state index in [-0.39, 0.29) is 22.3 Å². The molecular formula is C41H62O4S2Si2. The quantitative estimate of drug-likeness (QED) is 0.136. The molecule has 0 saturated carbocycles. The topological polar surface area (TPSA) is 36.9 Å². The fraction of sp³-hybridized carbons (Fsp3) is 0.561. The summed E-state index contributed by atoms with van der Waals surface area (Å²) in [5.74, 6) is 3.81. The maximum absolute atomic E-state index is 7.97.